The molecule has 2 rings (SSSR count). The molecule has 0 saturated heterocycles. The minimum Gasteiger partial charge on any atom is -0.473 e. The van der Waals surface area contributed by atoms with Crippen molar-refractivity contribution >= 4 is 5.97 Å². The maximum atomic E-state index is 11.0. The standard InChI is InChI=1S/C15H15NO2/c17-15(18)14-10-4-5-11-16(14)12-6-9-13-7-2-1-3-8-13/h1-5,7-8,10-11H,6,9,12H2/p+1. The maximum absolute atomic E-state index is 11.0. The molecule has 1 aromatic heterocycles. The van der Waals surface area contributed by atoms with Crippen LogP contribution < -0.4 is 4.57 Å². The number of carbonyl (C=O) groups is 1. The quantitative estimate of drug-likeness (QED) is 0.817. The Morgan fingerprint density at radius 3 is 2.50 bits per heavy atom. The van der Waals surface area contributed by atoms with E-state index in [4.69, 9.17) is 5.11 Å². The molecule has 0 bridgehead atoms. The van der Waals surface area contributed by atoms with E-state index in [1.165, 1.54) is 5.56 Å². The number of aryl methyl sites for hydroxylation is 2. The van der Waals surface area contributed by atoms with E-state index >= 15 is 0 Å². The molecule has 0 atom stereocenters. The number of pyridine rings is 1. The van der Waals surface area contributed by atoms with Crippen molar-refractivity contribution in [2.45, 2.75) is 19.4 Å². The fourth-order valence-electron chi connectivity index (χ4n) is 1.96. The van der Waals surface area contributed by atoms with Crippen LogP contribution in [0.15, 0.2) is 54.7 Å². The molecule has 0 aliphatic rings. The normalized spacial score (nSPS) is 10.2. The Morgan fingerprint density at radius 2 is 1.78 bits per heavy atom. The van der Waals surface area contributed by atoms with Gasteiger partial charge in [0, 0.05) is 18.6 Å². The first-order valence-corrected chi connectivity index (χ1v) is 6.03. The third-order valence-electron chi connectivity index (χ3n) is 2.87. The highest BCUT2D eigenvalue weighted by molar-refractivity contribution is 5.83. The lowest BCUT2D eigenvalue weighted by molar-refractivity contribution is -0.699. The summed E-state index contributed by atoms with van der Waals surface area (Å²) in [7, 11) is 0. The molecule has 0 aliphatic carbocycles. The number of nitrogens with zero attached hydrogens (tertiary/aromatic N) is 1. The van der Waals surface area contributed by atoms with Crippen LogP contribution in [0.5, 0.6) is 0 Å². The summed E-state index contributed by atoms with van der Waals surface area (Å²) >= 11 is 0. The number of hydrogen-bond donors (Lipinski definition) is 1. The van der Waals surface area contributed by atoms with E-state index in [1.54, 1.807) is 16.7 Å². The highest BCUT2D eigenvalue weighted by Gasteiger charge is 2.16. The summed E-state index contributed by atoms with van der Waals surface area (Å²) in [6, 6.07) is 15.5. The lowest BCUT2D eigenvalue weighted by atomic mass is 10.1. The zero-order chi connectivity index (χ0) is 12.8. The molecule has 0 unspecified atom stereocenters. The van der Waals surface area contributed by atoms with Gasteiger partial charge in [0.15, 0.2) is 6.20 Å². The average Bonchev–Trinajstić information content (AvgIpc) is 2.40. The van der Waals surface area contributed by atoms with Crippen LogP contribution in [0.4, 0.5) is 0 Å². The smallest absolute Gasteiger partial charge is 0.401 e. The molecule has 1 heterocycles. The first kappa shape index (κ1) is 12.3. The van der Waals surface area contributed by atoms with Gasteiger partial charge in [-0.3, -0.25) is 0 Å². The largest absolute Gasteiger partial charge is 0.473 e. The van der Waals surface area contributed by atoms with Gasteiger partial charge in [0.2, 0.25) is 0 Å². The predicted octanol–water partition coefficient (Wildman–Crippen LogP) is 2.31. The van der Waals surface area contributed by atoms with E-state index in [-0.39, 0.29) is 0 Å². The lowest BCUT2D eigenvalue weighted by Crippen LogP contribution is -2.40. The molecule has 3 nitrogen and oxygen atoms in total. The van der Waals surface area contributed by atoms with E-state index in [9.17, 15) is 4.79 Å². The summed E-state index contributed by atoms with van der Waals surface area (Å²) in [6.45, 7) is 0.720. The summed E-state index contributed by atoms with van der Waals surface area (Å²) in [5, 5.41) is 9.06. The van der Waals surface area contributed by atoms with Gasteiger partial charge in [0.1, 0.15) is 6.54 Å². The molecule has 0 fully saturated rings. The molecule has 0 saturated carbocycles. The van der Waals surface area contributed by atoms with Crippen LogP contribution in [0.1, 0.15) is 22.5 Å². The number of hydrogen-bond acceptors (Lipinski definition) is 1. The summed E-state index contributed by atoms with van der Waals surface area (Å²) in [5.74, 6) is -0.879. The molecule has 0 amide bonds. The van der Waals surface area contributed by atoms with E-state index in [0.717, 1.165) is 19.4 Å². The van der Waals surface area contributed by atoms with Crippen LogP contribution in [-0.4, -0.2) is 11.1 Å². The first-order valence-electron chi connectivity index (χ1n) is 6.03. The van der Waals surface area contributed by atoms with E-state index < -0.39 is 5.97 Å². The van der Waals surface area contributed by atoms with Gasteiger partial charge in [-0.25, -0.2) is 4.79 Å². The topological polar surface area (TPSA) is 41.2 Å². The van der Waals surface area contributed by atoms with Gasteiger partial charge in [-0.05, 0) is 18.1 Å². The summed E-state index contributed by atoms with van der Waals surface area (Å²) in [5.41, 5.74) is 1.62. The predicted molar refractivity (Wildman–Crippen MR) is 68.4 cm³/mol. The van der Waals surface area contributed by atoms with Crippen molar-refractivity contribution in [2.24, 2.45) is 0 Å². The van der Waals surface area contributed by atoms with Crippen molar-refractivity contribution in [3.05, 3.63) is 66.0 Å². The number of aromatic nitrogens is 1. The van der Waals surface area contributed by atoms with Crippen molar-refractivity contribution in [2.75, 3.05) is 0 Å². The fourth-order valence-corrected chi connectivity index (χ4v) is 1.96. The van der Waals surface area contributed by atoms with Gasteiger partial charge in [-0.1, -0.05) is 30.3 Å². The molecule has 1 aromatic carbocycles. The summed E-state index contributed by atoms with van der Waals surface area (Å²) < 4.78 is 1.78. The zero-order valence-corrected chi connectivity index (χ0v) is 10.1. The number of carboxylic acid groups (broad SMARTS) is 1. The van der Waals surface area contributed by atoms with Gasteiger partial charge in [-0.15, -0.1) is 0 Å². The molecule has 0 spiro atoms. The molecule has 2 aromatic rings. The maximum Gasteiger partial charge on any atom is 0.401 e. The summed E-state index contributed by atoms with van der Waals surface area (Å²) in [4.78, 5) is 11.0. The molecule has 0 radical (unpaired) electrons. The Morgan fingerprint density at radius 1 is 1.06 bits per heavy atom. The third kappa shape index (κ3) is 3.17. The van der Waals surface area contributed by atoms with Crippen LogP contribution in [0.25, 0.3) is 0 Å². The van der Waals surface area contributed by atoms with Crippen molar-refractivity contribution in [3.63, 3.8) is 0 Å². The van der Waals surface area contributed by atoms with Crippen LogP contribution in [0.2, 0.25) is 0 Å². The molecule has 3 heteroatoms. The van der Waals surface area contributed by atoms with Gasteiger partial charge < -0.3 is 5.11 Å². The Kier molecular flexibility index (Phi) is 4.07. The highest BCUT2D eigenvalue weighted by atomic mass is 16.4. The second-order valence-corrected chi connectivity index (χ2v) is 4.17. The van der Waals surface area contributed by atoms with Crippen LogP contribution in [0, 0.1) is 0 Å². The van der Waals surface area contributed by atoms with Crippen LogP contribution in [0.3, 0.4) is 0 Å². The third-order valence-corrected chi connectivity index (χ3v) is 2.87. The van der Waals surface area contributed by atoms with Gasteiger partial charge in [0.05, 0.1) is 0 Å². The number of aromatic carboxylic acids is 1. The molecular weight excluding hydrogens is 226 g/mol. The first-order chi connectivity index (χ1) is 8.77. The Balaban J connectivity index is 1.97. The van der Waals surface area contributed by atoms with Crippen molar-refractivity contribution < 1.29 is 14.5 Å². The lowest BCUT2D eigenvalue weighted by Gasteiger charge is -2.01. The Bertz CT molecular complexity index is 523. The number of rotatable bonds is 5. The molecule has 1 N–H and O–H groups in total. The fraction of sp³-hybridized carbons (Fsp3) is 0.200. The van der Waals surface area contributed by atoms with Crippen LogP contribution >= 0.6 is 0 Å². The zero-order valence-electron chi connectivity index (χ0n) is 10.1. The van der Waals surface area contributed by atoms with Gasteiger partial charge in [-0.2, -0.15) is 4.57 Å². The van der Waals surface area contributed by atoms with E-state index in [2.05, 4.69) is 12.1 Å². The van der Waals surface area contributed by atoms with E-state index in [1.807, 2.05) is 30.5 Å². The summed E-state index contributed by atoms with van der Waals surface area (Å²) in [6.07, 6.45) is 3.70. The van der Waals surface area contributed by atoms with Crippen molar-refractivity contribution in [1.82, 2.24) is 0 Å². The molecular formula is C15H16NO2+. The van der Waals surface area contributed by atoms with Crippen LogP contribution in [-0.2, 0) is 13.0 Å². The SMILES string of the molecule is O=C(O)c1cccc[n+]1CCCc1ccccc1. The highest BCUT2D eigenvalue weighted by Crippen LogP contribution is 2.02. The Hall–Kier alpha value is -2.16. The minimum absolute atomic E-state index is 0.338. The average molecular weight is 242 g/mol. The second-order valence-electron chi connectivity index (χ2n) is 4.17. The molecule has 92 valence electrons. The van der Waals surface area contributed by atoms with Crippen molar-refractivity contribution in [1.29, 1.82) is 0 Å². The monoisotopic (exact) mass is 242 g/mol. The minimum atomic E-state index is -0.879. The van der Waals surface area contributed by atoms with Gasteiger partial charge in [0.25, 0.3) is 5.69 Å². The number of benzene rings is 1. The molecule has 0 aliphatic heterocycles. The molecule has 18 heavy (non-hydrogen) atoms. The Labute approximate surface area is 106 Å². The second kappa shape index (κ2) is 5.96. The van der Waals surface area contributed by atoms with Gasteiger partial charge >= 0.3 is 5.97 Å². The number of carboxylic acids is 1. The van der Waals surface area contributed by atoms with E-state index in [0.29, 0.717) is 5.69 Å². The van der Waals surface area contributed by atoms with Crippen molar-refractivity contribution in [3.8, 4) is 0 Å².